The van der Waals surface area contributed by atoms with Crippen molar-refractivity contribution in [1.29, 1.82) is 0 Å². The van der Waals surface area contributed by atoms with Crippen molar-refractivity contribution in [2.24, 2.45) is 5.41 Å². The van der Waals surface area contributed by atoms with Crippen LogP contribution in [-0.2, 0) is 6.61 Å². The Labute approximate surface area is 185 Å². The average molecular weight is 442 g/mol. The second-order valence-corrected chi connectivity index (χ2v) is 9.40. The average Bonchev–Trinajstić information content (AvgIpc) is 2.68. The van der Waals surface area contributed by atoms with Crippen molar-refractivity contribution in [1.82, 2.24) is 4.57 Å². The number of aryl methyl sites for hydroxylation is 2. The second-order valence-electron chi connectivity index (χ2n) is 9.40. The van der Waals surface area contributed by atoms with E-state index in [1.165, 1.54) is 12.3 Å². The summed E-state index contributed by atoms with van der Waals surface area (Å²) in [5, 5.41) is 29.9. The SMILES string of the molecule is Cc1cc2c(=O)c(C(O)O)cn(-c3cc(N)c(F)cc3CO)c2c(C)c1N1CC(C)(C)C1. The summed E-state index contributed by atoms with van der Waals surface area (Å²) < 4.78 is 15.7. The van der Waals surface area contributed by atoms with Crippen LogP contribution in [0.1, 0.15) is 42.4 Å². The third-order valence-corrected chi connectivity index (χ3v) is 6.18. The van der Waals surface area contributed by atoms with E-state index >= 15 is 0 Å². The smallest absolute Gasteiger partial charge is 0.197 e. The predicted octanol–water partition coefficient (Wildman–Crippen LogP) is 2.65. The van der Waals surface area contributed by atoms with E-state index in [0.717, 1.165) is 36.0 Å². The number of benzene rings is 2. The monoisotopic (exact) mass is 441 g/mol. The first kappa shape index (κ1) is 22.3. The van der Waals surface area contributed by atoms with Crippen LogP contribution in [0.5, 0.6) is 0 Å². The number of rotatable bonds is 4. The lowest BCUT2D eigenvalue weighted by atomic mass is 9.83. The zero-order valence-electron chi connectivity index (χ0n) is 18.6. The number of fused-ring (bicyclic) bond motifs is 1. The molecule has 8 heteroatoms. The molecule has 1 aromatic heterocycles. The molecule has 1 aliphatic rings. The highest BCUT2D eigenvalue weighted by Crippen LogP contribution is 2.40. The van der Waals surface area contributed by atoms with Crippen LogP contribution in [0.4, 0.5) is 15.8 Å². The molecule has 32 heavy (non-hydrogen) atoms. The number of pyridine rings is 1. The Morgan fingerprint density at radius 3 is 2.41 bits per heavy atom. The summed E-state index contributed by atoms with van der Waals surface area (Å²) in [7, 11) is 0. The number of hydrogen-bond donors (Lipinski definition) is 4. The number of nitrogens with two attached hydrogens (primary N) is 1. The Kier molecular flexibility index (Phi) is 5.27. The number of hydrogen-bond acceptors (Lipinski definition) is 6. The van der Waals surface area contributed by atoms with Crippen LogP contribution in [0, 0.1) is 25.1 Å². The number of nitrogens with zero attached hydrogens (tertiary/aromatic N) is 2. The van der Waals surface area contributed by atoms with Crippen LogP contribution in [0.15, 0.2) is 29.2 Å². The maximum absolute atomic E-state index is 14.1. The Balaban J connectivity index is 2.12. The minimum atomic E-state index is -2.00. The van der Waals surface area contributed by atoms with Crippen molar-refractivity contribution < 1.29 is 19.7 Å². The molecule has 1 aliphatic heterocycles. The van der Waals surface area contributed by atoms with Gasteiger partial charge in [0.1, 0.15) is 5.82 Å². The molecule has 0 unspecified atom stereocenters. The molecule has 170 valence electrons. The molecule has 2 heterocycles. The van der Waals surface area contributed by atoms with Crippen LogP contribution >= 0.6 is 0 Å². The summed E-state index contributed by atoms with van der Waals surface area (Å²) in [6.07, 6.45) is -0.669. The molecule has 0 bridgehead atoms. The summed E-state index contributed by atoms with van der Waals surface area (Å²) in [6, 6.07) is 4.27. The van der Waals surface area contributed by atoms with E-state index < -0.39 is 24.1 Å². The highest BCUT2D eigenvalue weighted by Gasteiger charge is 2.36. The van der Waals surface area contributed by atoms with E-state index in [9.17, 15) is 24.5 Å². The second kappa shape index (κ2) is 7.58. The first-order valence-electron chi connectivity index (χ1n) is 10.4. The van der Waals surface area contributed by atoms with Gasteiger partial charge in [-0.1, -0.05) is 13.8 Å². The highest BCUT2D eigenvalue weighted by atomic mass is 19.1. The summed E-state index contributed by atoms with van der Waals surface area (Å²) in [5.41, 5.74) is 9.07. The van der Waals surface area contributed by atoms with Gasteiger partial charge in [0.25, 0.3) is 0 Å². The third kappa shape index (κ3) is 3.44. The topological polar surface area (TPSA) is 112 Å². The fraction of sp³-hybridized carbons (Fsp3) is 0.375. The van der Waals surface area contributed by atoms with Crippen molar-refractivity contribution in [3.8, 4) is 5.69 Å². The molecule has 0 atom stereocenters. The van der Waals surface area contributed by atoms with Gasteiger partial charge in [-0.05, 0) is 48.6 Å². The summed E-state index contributed by atoms with van der Waals surface area (Å²) in [6.45, 7) is 9.48. The van der Waals surface area contributed by atoms with Gasteiger partial charge in [-0.2, -0.15) is 0 Å². The van der Waals surface area contributed by atoms with E-state index in [1.807, 2.05) is 13.8 Å². The molecule has 2 aromatic carbocycles. The Bertz CT molecular complexity index is 1290. The first-order valence-corrected chi connectivity index (χ1v) is 10.4. The molecule has 5 N–H and O–H groups in total. The van der Waals surface area contributed by atoms with Gasteiger partial charge >= 0.3 is 0 Å². The number of aromatic nitrogens is 1. The maximum atomic E-state index is 14.1. The molecule has 0 aliphatic carbocycles. The van der Waals surface area contributed by atoms with E-state index in [4.69, 9.17) is 5.73 Å². The normalized spacial score (nSPS) is 15.5. The van der Waals surface area contributed by atoms with E-state index in [2.05, 4.69) is 18.7 Å². The molecule has 3 aromatic rings. The molecule has 0 spiro atoms. The summed E-state index contributed by atoms with van der Waals surface area (Å²) in [5.74, 6) is -0.665. The van der Waals surface area contributed by atoms with Gasteiger partial charge in [-0.15, -0.1) is 0 Å². The fourth-order valence-corrected chi connectivity index (χ4v) is 4.84. The van der Waals surface area contributed by atoms with Crippen LogP contribution < -0.4 is 16.1 Å². The van der Waals surface area contributed by atoms with Gasteiger partial charge in [-0.3, -0.25) is 4.79 Å². The molecule has 4 rings (SSSR count). The Morgan fingerprint density at radius 1 is 1.19 bits per heavy atom. The van der Waals surface area contributed by atoms with Crippen LogP contribution in [0.25, 0.3) is 16.6 Å². The molecule has 0 amide bonds. The lowest BCUT2D eigenvalue weighted by molar-refractivity contribution is -0.0434. The predicted molar refractivity (Wildman–Crippen MR) is 122 cm³/mol. The van der Waals surface area contributed by atoms with Gasteiger partial charge in [0.2, 0.25) is 0 Å². The number of anilines is 2. The molecular weight excluding hydrogens is 413 g/mol. The first-order chi connectivity index (χ1) is 14.9. The molecule has 7 nitrogen and oxygen atoms in total. The number of halogens is 1. The quantitative estimate of drug-likeness (QED) is 0.366. The molecule has 0 radical (unpaired) electrons. The Morgan fingerprint density at radius 2 is 1.84 bits per heavy atom. The zero-order valence-corrected chi connectivity index (χ0v) is 18.6. The Hall–Kier alpha value is -2.94. The number of nitrogen functional groups attached to an aromatic ring is 1. The van der Waals surface area contributed by atoms with Crippen LogP contribution in [0.2, 0.25) is 0 Å². The van der Waals surface area contributed by atoms with Crippen LogP contribution in [0.3, 0.4) is 0 Å². The fourth-order valence-electron chi connectivity index (χ4n) is 4.84. The number of aliphatic hydroxyl groups excluding tert-OH is 2. The minimum absolute atomic E-state index is 0.121. The van der Waals surface area contributed by atoms with Gasteiger partial charge in [0, 0.05) is 35.9 Å². The molecule has 0 saturated carbocycles. The zero-order chi connectivity index (χ0) is 23.5. The van der Waals surface area contributed by atoms with Gasteiger partial charge in [0.05, 0.1) is 29.1 Å². The largest absolute Gasteiger partial charge is 0.396 e. The van der Waals surface area contributed by atoms with E-state index in [1.54, 1.807) is 10.6 Å². The van der Waals surface area contributed by atoms with Crippen molar-refractivity contribution in [3.05, 3.63) is 62.7 Å². The standard InChI is InChI=1S/C24H28FN3O4/c1-12-5-15-21(13(2)20(12)27-10-24(3,4)11-27)28(8-16(22(15)30)23(31)32)19-7-18(26)17(25)6-14(19)9-29/h5-8,23,29,31-32H,9-11,26H2,1-4H3. The van der Waals surface area contributed by atoms with E-state index in [0.29, 0.717) is 16.6 Å². The molecule has 1 saturated heterocycles. The molecular formula is C24H28FN3O4. The summed E-state index contributed by atoms with van der Waals surface area (Å²) in [4.78, 5) is 15.4. The summed E-state index contributed by atoms with van der Waals surface area (Å²) >= 11 is 0. The van der Waals surface area contributed by atoms with Crippen molar-refractivity contribution in [2.45, 2.75) is 40.6 Å². The van der Waals surface area contributed by atoms with E-state index in [-0.39, 0.29) is 22.2 Å². The van der Waals surface area contributed by atoms with Gasteiger partial charge in [-0.25, -0.2) is 4.39 Å². The van der Waals surface area contributed by atoms with Crippen molar-refractivity contribution in [2.75, 3.05) is 23.7 Å². The lowest BCUT2D eigenvalue weighted by Crippen LogP contribution is -2.53. The van der Waals surface area contributed by atoms with Crippen LogP contribution in [-0.4, -0.2) is 33.0 Å². The van der Waals surface area contributed by atoms with Crippen molar-refractivity contribution in [3.63, 3.8) is 0 Å². The third-order valence-electron chi connectivity index (χ3n) is 6.18. The van der Waals surface area contributed by atoms with Gasteiger partial charge in [0.15, 0.2) is 11.7 Å². The lowest BCUT2D eigenvalue weighted by Gasteiger charge is -2.48. The number of aliphatic hydroxyl groups is 3. The van der Waals surface area contributed by atoms with Crippen molar-refractivity contribution >= 4 is 22.3 Å². The molecule has 1 fully saturated rings. The minimum Gasteiger partial charge on any atom is -0.396 e. The highest BCUT2D eigenvalue weighted by molar-refractivity contribution is 5.91. The maximum Gasteiger partial charge on any atom is 0.197 e. The van der Waals surface area contributed by atoms with Gasteiger partial charge < -0.3 is 30.5 Å².